The maximum atomic E-state index is 11.3. The standard InChI is InChI=1S/C11H17N3O2/c1-8-2-5-16-10(8)7-14-4-3-13-6-9(14)11(12)15/h2,5,9,13H,3-4,6-7H2,1H3,(H2,12,15). The molecule has 88 valence electrons. The summed E-state index contributed by atoms with van der Waals surface area (Å²) in [5, 5.41) is 3.17. The Morgan fingerprint density at radius 1 is 1.75 bits per heavy atom. The molecule has 1 aromatic heterocycles. The van der Waals surface area contributed by atoms with E-state index in [0.29, 0.717) is 13.1 Å². The van der Waals surface area contributed by atoms with E-state index in [-0.39, 0.29) is 11.9 Å². The Labute approximate surface area is 94.6 Å². The number of piperazine rings is 1. The van der Waals surface area contributed by atoms with Crippen molar-refractivity contribution in [2.24, 2.45) is 5.73 Å². The van der Waals surface area contributed by atoms with Gasteiger partial charge in [-0.15, -0.1) is 0 Å². The number of carbonyl (C=O) groups is 1. The average Bonchev–Trinajstić information content (AvgIpc) is 2.65. The maximum Gasteiger partial charge on any atom is 0.236 e. The molecule has 0 radical (unpaired) electrons. The number of nitrogens with one attached hydrogen (secondary N) is 1. The van der Waals surface area contributed by atoms with Gasteiger partial charge in [0.1, 0.15) is 11.8 Å². The van der Waals surface area contributed by atoms with Crippen molar-refractivity contribution >= 4 is 5.91 Å². The number of nitrogens with two attached hydrogens (primary N) is 1. The molecule has 0 bridgehead atoms. The van der Waals surface area contributed by atoms with Crippen LogP contribution in [-0.2, 0) is 11.3 Å². The molecule has 0 saturated carbocycles. The first-order valence-corrected chi connectivity index (χ1v) is 5.45. The third-order valence-electron chi connectivity index (χ3n) is 3.00. The van der Waals surface area contributed by atoms with Gasteiger partial charge < -0.3 is 15.5 Å². The molecule has 16 heavy (non-hydrogen) atoms. The topological polar surface area (TPSA) is 71.5 Å². The molecule has 1 atom stereocenters. The second kappa shape index (κ2) is 4.67. The van der Waals surface area contributed by atoms with E-state index in [0.717, 1.165) is 24.4 Å². The number of carbonyl (C=O) groups excluding carboxylic acids is 1. The van der Waals surface area contributed by atoms with Crippen LogP contribution in [0.2, 0.25) is 0 Å². The van der Waals surface area contributed by atoms with Gasteiger partial charge in [0.2, 0.25) is 5.91 Å². The van der Waals surface area contributed by atoms with Crippen LogP contribution in [0.15, 0.2) is 16.7 Å². The van der Waals surface area contributed by atoms with E-state index in [4.69, 9.17) is 10.2 Å². The minimum absolute atomic E-state index is 0.238. The van der Waals surface area contributed by atoms with Crippen molar-refractivity contribution in [3.05, 3.63) is 23.7 Å². The van der Waals surface area contributed by atoms with Gasteiger partial charge in [0, 0.05) is 19.6 Å². The van der Waals surface area contributed by atoms with E-state index >= 15 is 0 Å². The summed E-state index contributed by atoms with van der Waals surface area (Å²) in [7, 11) is 0. The number of hydrogen-bond acceptors (Lipinski definition) is 4. The van der Waals surface area contributed by atoms with Crippen LogP contribution in [0.3, 0.4) is 0 Å². The first-order chi connectivity index (χ1) is 7.68. The Morgan fingerprint density at radius 3 is 3.19 bits per heavy atom. The average molecular weight is 223 g/mol. The first-order valence-electron chi connectivity index (χ1n) is 5.45. The van der Waals surface area contributed by atoms with Crippen molar-refractivity contribution in [2.75, 3.05) is 19.6 Å². The summed E-state index contributed by atoms with van der Waals surface area (Å²) in [6, 6.07) is 1.69. The van der Waals surface area contributed by atoms with E-state index < -0.39 is 0 Å². The lowest BCUT2D eigenvalue weighted by molar-refractivity contribution is -0.124. The molecule has 1 aliphatic rings. The van der Waals surface area contributed by atoms with Gasteiger partial charge in [-0.25, -0.2) is 0 Å². The Balaban J connectivity index is 2.07. The Morgan fingerprint density at radius 2 is 2.56 bits per heavy atom. The first kappa shape index (κ1) is 11.2. The molecule has 2 heterocycles. The van der Waals surface area contributed by atoms with Crippen molar-refractivity contribution in [3.63, 3.8) is 0 Å². The third-order valence-corrected chi connectivity index (χ3v) is 3.00. The number of rotatable bonds is 3. The molecule has 1 aromatic rings. The number of hydrogen-bond donors (Lipinski definition) is 2. The summed E-state index contributed by atoms with van der Waals surface area (Å²) >= 11 is 0. The van der Waals surface area contributed by atoms with Gasteiger partial charge in [-0.2, -0.15) is 0 Å². The Bertz CT molecular complexity index is 375. The summed E-state index contributed by atoms with van der Waals surface area (Å²) in [5.41, 5.74) is 6.49. The highest BCUT2D eigenvalue weighted by Gasteiger charge is 2.27. The molecule has 5 nitrogen and oxygen atoms in total. The zero-order chi connectivity index (χ0) is 11.5. The molecule has 1 aliphatic heterocycles. The van der Waals surface area contributed by atoms with Crippen molar-refractivity contribution in [3.8, 4) is 0 Å². The van der Waals surface area contributed by atoms with Crippen LogP contribution < -0.4 is 11.1 Å². The fourth-order valence-corrected chi connectivity index (χ4v) is 1.97. The molecule has 0 spiro atoms. The lowest BCUT2D eigenvalue weighted by atomic mass is 10.1. The lowest BCUT2D eigenvalue weighted by Crippen LogP contribution is -2.56. The Kier molecular flexibility index (Phi) is 3.26. The summed E-state index contributed by atoms with van der Waals surface area (Å²) in [5.74, 6) is 0.629. The quantitative estimate of drug-likeness (QED) is 0.747. The molecule has 5 heteroatoms. The smallest absolute Gasteiger partial charge is 0.236 e. The van der Waals surface area contributed by atoms with Crippen LogP contribution in [0, 0.1) is 6.92 Å². The number of amides is 1. The van der Waals surface area contributed by atoms with Crippen LogP contribution in [0.25, 0.3) is 0 Å². The lowest BCUT2D eigenvalue weighted by Gasteiger charge is -2.33. The predicted octanol–water partition coefficient (Wildman–Crippen LogP) is -0.153. The molecule has 1 amide bonds. The summed E-state index contributed by atoms with van der Waals surface area (Å²) in [6.07, 6.45) is 1.67. The molecular formula is C11H17N3O2. The zero-order valence-corrected chi connectivity index (χ0v) is 9.40. The fraction of sp³-hybridized carbons (Fsp3) is 0.545. The van der Waals surface area contributed by atoms with E-state index in [9.17, 15) is 4.79 Å². The van der Waals surface area contributed by atoms with Crippen LogP contribution in [0.5, 0.6) is 0 Å². The summed E-state index contributed by atoms with van der Waals surface area (Å²) in [4.78, 5) is 13.3. The fourth-order valence-electron chi connectivity index (χ4n) is 1.97. The zero-order valence-electron chi connectivity index (χ0n) is 9.40. The number of nitrogens with zero attached hydrogens (tertiary/aromatic N) is 1. The van der Waals surface area contributed by atoms with Gasteiger partial charge in [-0.05, 0) is 18.6 Å². The second-order valence-electron chi connectivity index (χ2n) is 4.12. The van der Waals surface area contributed by atoms with Crippen LogP contribution in [0.1, 0.15) is 11.3 Å². The van der Waals surface area contributed by atoms with Gasteiger partial charge in [-0.3, -0.25) is 9.69 Å². The van der Waals surface area contributed by atoms with Crippen molar-refractivity contribution in [1.82, 2.24) is 10.2 Å². The van der Waals surface area contributed by atoms with Crippen LogP contribution in [0.4, 0.5) is 0 Å². The van der Waals surface area contributed by atoms with E-state index in [1.165, 1.54) is 0 Å². The molecule has 1 saturated heterocycles. The van der Waals surface area contributed by atoms with Crippen LogP contribution >= 0.6 is 0 Å². The predicted molar refractivity (Wildman–Crippen MR) is 59.7 cm³/mol. The van der Waals surface area contributed by atoms with Gasteiger partial charge in [0.25, 0.3) is 0 Å². The highest BCUT2D eigenvalue weighted by molar-refractivity contribution is 5.80. The van der Waals surface area contributed by atoms with Gasteiger partial charge in [0.15, 0.2) is 0 Å². The molecule has 2 rings (SSSR count). The van der Waals surface area contributed by atoms with Gasteiger partial charge >= 0.3 is 0 Å². The summed E-state index contributed by atoms with van der Waals surface area (Å²) < 4.78 is 5.38. The van der Waals surface area contributed by atoms with E-state index in [1.807, 2.05) is 13.0 Å². The third kappa shape index (κ3) is 2.25. The summed E-state index contributed by atoms with van der Waals surface area (Å²) in [6.45, 7) is 4.96. The molecular weight excluding hydrogens is 206 g/mol. The van der Waals surface area contributed by atoms with Crippen molar-refractivity contribution in [2.45, 2.75) is 19.5 Å². The molecule has 0 aromatic carbocycles. The highest BCUT2D eigenvalue weighted by atomic mass is 16.3. The van der Waals surface area contributed by atoms with Gasteiger partial charge in [0.05, 0.1) is 12.8 Å². The minimum Gasteiger partial charge on any atom is -0.468 e. The minimum atomic E-state index is -0.281. The largest absolute Gasteiger partial charge is 0.468 e. The Hall–Kier alpha value is -1.33. The maximum absolute atomic E-state index is 11.3. The normalized spacial score (nSPS) is 22.2. The van der Waals surface area contributed by atoms with Gasteiger partial charge in [-0.1, -0.05) is 0 Å². The van der Waals surface area contributed by atoms with E-state index in [1.54, 1.807) is 6.26 Å². The molecule has 3 N–H and O–H groups in total. The molecule has 0 aliphatic carbocycles. The molecule has 1 fully saturated rings. The number of aryl methyl sites for hydroxylation is 1. The highest BCUT2D eigenvalue weighted by Crippen LogP contribution is 2.14. The van der Waals surface area contributed by atoms with E-state index in [2.05, 4.69) is 10.2 Å². The van der Waals surface area contributed by atoms with Crippen molar-refractivity contribution in [1.29, 1.82) is 0 Å². The van der Waals surface area contributed by atoms with Crippen molar-refractivity contribution < 1.29 is 9.21 Å². The SMILES string of the molecule is Cc1ccoc1CN1CCNCC1C(N)=O. The molecule has 1 unspecified atom stereocenters. The number of furan rings is 1. The van der Waals surface area contributed by atoms with Crippen LogP contribution in [-0.4, -0.2) is 36.5 Å². The number of primary amides is 1. The monoisotopic (exact) mass is 223 g/mol. The second-order valence-corrected chi connectivity index (χ2v) is 4.12.